The summed E-state index contributed by atoms with van der Waals surface area (Å²) in [6.45, 7) is 0.00551. The standard InChI is InChI=1S/C9H14N2O5Se/c12-3-4-6(14)7(15)8(16-4)11-2-1-5(13)10-9(11)17/h4,6-8,12,14-15H,1-3H2,(H,10,13,17). The van der Waals surface area contributed by atoms with Crippen molar-refractivity contribution in [2.75, 3.05) is 13.2 Å². The minimum absolute atomic E-state index is 0.219. The molecule has 17 heavy (non-hydrogen) atoms. The van der Waals surface area contributed by atoms with Crippen molar-refractivity contribution in [1.29, 1.82) is 0 Å². The van der Waals surface area contributed by atoms with Crippen LogP contribution in [0.25, 0.3) is 0 Å². The Morgan fingerprint density at radius 1 is 1.47 bits per heavy atom. The van der Waals surface area contributed by atoms with Crippen LogP contribution in [0.5, 0.6) is 0 Å². The molecule has 2 heterocycles. The van der Waals surface area contributed by atoms with E-state index in [4.69, 9.17) is 9.84 Å². The van der Waals surface area contributed by atoms with Gasteiger partial charge in [0, 0.05) is 0 Å². The number of hydrogen-bond donors (Lipinski definition) is 3. The molecule has 0 radical (unpaired) electrons. The number of aliphatic hydroxyl groups is 3. The maximum atomic E-state index is 11.1. The van der Waals surface area contributed by atoms with Gasteiger partial charge in [0.05, 0.1) is 0 Å². The van der Waals surface area contributed by atoms with Gasteiger partial charge in [0.1, 0.15) is 0 Å². The van der Waals surface area contributed by atoms with Gasteiger partial charge in [-0.3, -0.25) is 0 Å². The summed E-state index contributed by atoms with van der Waals surface area (Å²) in [5, 5.41) is 28.4. The number of hydrogen-bond acceptors (Lipinski definition) is 6. The van der Waals surface area contributed by atoms with E-state index in [1.807, 2.05) is 0 Å². The van der Waals surface area contributed by atoms with Crippen molar-refractivity contribution >= 4 is 26.7 Å². The van der Waals surface area contributed by atoms with Crippen LogP contribution >= 0.6 is 0 Å². The first-order valence-electron chi connectivity index (χ1n) is 5.24. The number of nitrogens with zero attached hydrogens (tertiary/aromatic N) is 2. The van der Waals surface area contributed by atoms with Gasteiger partial charge in [-0.15, -0.1) is 0 Å². The Morgan fingerprint density at radius 2 is 2.18 bits per heavy atom. The quantitative estimate of drug-likeness (QED) is 0.467. The molecule has 0 aliphatic carbocycles. The molecule has 1 saturated heterocycles. The molecule has 4 unspecified atom stereocenters. The van der Waals surface area contributed by atoms with E-state index in [9.17, 15) is 15.0 Å². The molecule has 0 spiro atoms. The SMILES string of the molecule is O=C1CCN(C2OC(CO)C(O)C2O)C([SeH])=N1. The Kier molecular flexibility index (Phi) is 3.82. The summed E-state index contributed by atoms with van der Waals surface area (Å²) < 4.78 is 5.75. The molecule has 2 aliphatic heterocycles. The van der Waals surface area contributed by atoms with Crippen LogP contribution in [0.4, 0.5) is 0 Å². The van der Waals surface area contributed by atoms with Crippen molar-refractivity contribution in [3.05, 3.63) is 0 Å². The van der Waals surface area contributed by atoms with E-state index in [0.29, 0.717) is 11.3 Å². The van der Waals surface area contributed by atoms with Crippen LogP contribution in [0, 0.1) is 0 Å². The molecular weight excluding hydrogens is 295 g/mol. The summed E-state index contributed by atoms with van der Waals surface area (Å²) in [6.07, 6.45) is -3.61. The second kappa shape index (κ2) is 5.01. The van der Waals surface area contributed by atoms with Crippen molar-refractivity contribution in [1.82, 2.24) is 4.90 Å². The van der Waals surface area contributed by atoms with E-state index in [0.717, 1.165) is 0 Å². The van der Waals surface area contributed by atoms with Crippen molar-refractivity contribution in [2.45, 2.75) is 31.0 Å². The summed E-state index contributed by atoms with van der Waals surface area (Å²) in [5.74, 6) is -0.219. The Labute approximate surface area is 106 Å². The molecule has 2 rings (SSSR count). The summed E-state index contributed by atoms with van der Waals surface area (Å²) in [7, 11) is 0. The van der Waals surface area contributed by atoms with E-state index in [1.54, 1.807) is 4.90 Å². The van der Waals surface area contributed by atoms with E-state index in [2.05, 4.69) is 21.0 Å². The third kappa shape index (κ3) is 2.37. The Bertz CT molecular complexity index is 350. The van der Waals surface area contributed by atoms with Gasteiger partial charge >= 0.3 is 106 Å². The zero-order valence-corrected chi connectivity index (χ0v) is 10.8. The minimum atomic E-state index is -1.14. The molecule has 0 bridgehead atoms. The predicted molar refractivity (Wildman–Crippen MR) is 58.7 cm³/mol. The van der Waals surface area contributed by atoms with Gasteiger partial charge in [0.15, 0.2) is 0 Å². The van der Waals surface area contributed by atoms with Gasteiger partial charge < -0.3 is 0 Å². The third-order valence-corrected chi connectivity index (χ3v) is 3.62. The molecule has 0 aromatic rings. The molecule has 1 amide bonds. The fourth-order valence-electron chi connectivity index (χ4n) is 1.93. The second-order valence-electron chi connectivity index (χ2n) is 3.98. The Balaban J connectivity index is 2.13. The van der Waals surface area contributed by atoms with Crippen molar-refractivity contribution in [3.63, 3.8) is 0 Å². The topological polar surface area (TPSA) is 103 Å². The first kappa shape index (κ1) is 12.9. The molecule has 96 valence electrons. The normalized spacial score (nSPS) is 38.5. The molecule has 0 aromatic carbocycles. The Morgan fingerprint density at radius 3 is 2.71 bits per heavy atom. The van der Waals surface area contributed by atoms with Gasteiger partial charge in [-0.2, -0.15) is 0 Å². The average molecular weight is 309 g/mol. The van der Waals surface area contributed by atoms with Crippen molar-refractivity contribution < 1.29 is 24.9 Å². The molecule has 4 atom stereocenters. The fourth-order valence-corrected chi connectivity index (χ4v) is 2.61. The summed E-state index contributed by atoms with van der Waals surface area (Å²) in [5.41, 5.74) is 0. The average Bonchev–Trinajstić information content (AvgIpc) is 2.57. The maximum absolute atomic E-state index is 11.1. The van der Waals surface area contributed by atoms with E-state index >= 15 is 0 Å². The van der Waals surface area contributed by atoms with Crippen LogP contribution < -0.4 is 0 Å². The van der Waals surface area contributed by atoms with Crippen LogP contribution in [0.1, 0.15) is 6.42 Å². The number of carbonyl (C=O) groups is 1. The summed E-state index contributed by atoms with van der Waals surface area (Å²) >= 11 is 2.13. The van der Waals surface area contributed by atoms with Gasteiger partial charge in [0.25, 0.3) is 0 Å². The van der Waals surface area contributed by atoms with Crippen molar-refractivity contribution in [2.24, 2.45) is 4.99 Å². The van der Waals surface area contributed by atoms with Gasteiger partial charge in [-0.1, -0.05) is 0 Å². The second-order valence-corrected chi connectivity index (χ2v) is 4.82. The van der Waals surface area contributed by atoms with E-state index in [1.165, 1.54) is 0 Å². The van der Waals surface area contributed by atoms with Crippen LogP contribution in [-0.4, -0.2) is 84.6 Å². The first-order chi connectivity index (χ1) is 8.04. The zero-order chi connectivity index (χ0) is 12.6. The summed E-state index contributed by atoms with van der Waals surface area (Å²) in [4.78, 5) is 16.4. The molecular formula is C9H14N2O5Se. The van der Waals surface area contributed by atoms with Crippen LogP contribution in [-0.2, 0) is 9.53 Å². The zero-order valence-electron chi connectivity index (χ0n) is 8.93. The monoisotopic (exact) mass is 310 g/mol. The fraction of sp³-hybridized carbons (Fsp3) is 0.778. The van der Waals surface area contributed by atoms with Crippen LogP contribution in [0.3, 0.4) is 0 Å². The first-order valence-corrected chi connectivity index (χ1v) is 6.18. The molecule has 2 aliphatic rings. The Hall–Kier alpha value is -0.501. The van der Waals surface area contributed by atoms with Crippen LogP contribution in [0.2, 0.25) is 0 Å². The number of aliphatic imine (C=N–C) groups is 1. The molecule has 0 saturated carbocycles. The molecule has 7 nitrogen and oxygen atoms in total. The number of amides is 1. The van der Waals surface area contributed by atoms with Crippen molar-refractivity contribution in [3.8, 4) is 0 Å². The van der Waals surface area contributed by atoms with E-state index in [-0.39, 0.29) is 18.9 Å². The third-order valence-electron chi connectivity index (χ3n) is 2.87. The predicted octanol–water partition coefficient (Wildman–Crippen LogP) is -3.09. The molecule has 0 aromatic heterocycles. The van der Waals surface area contributed by atoms with Gasteiger partial charge in [-0.05, 0) is 0 Å². The molecule has 3 N–H and O–H groups in total. The number of amidine groups is 1. The van der Waals surface area contributed by atoms with Gasteiger partial charge in [-0.25, -0.2) is 0 Å². The number of ether oxygens (including phenoxy) is 1. The molecule has 1 fully saturated rings. The van der Waals surface area contributed by atoms with Gasteiger partial charge in [0.2, 0.25) is 0 Å². The van der Waals surface area contributed by atoms with Crippen LogP contribution in [0.15, 0.2) is 4.99 Å². The number of aliphatic hydroxyl groups excluding tert-OH is 3. The number of rotatable bonds is 2. The van der Waals surface area contributed by atoms with E-state index < -0.39 is 24.5 Å². The molecule has 8 heteroatoms. The number of carbonyl (C=O) groups excluding carboxylic acids is 1. The summed E-state index contributed by atoms with van der Waals surface area (Å²) in [6, 6.07) is 0.